The van der Waals surface area contributed by atoms with Gasteiger partial charge in [-0.15, -0.1) is 0 Å². The van der Waals surface area contributed by atoms with Gasteiger partial charge in [-0.25, -0.2) is 9.67 Å². The van der Waals surface area contributed by atoms with E-state index in [1.807, 2.05) is 6.92 Å². The van der Waals surface area contributed by atoms with E-state index >= 15 is 0 Å². The Morgan fingerprint density at radius 3 is 2.48 bits per heavy atom. The van der Waals surface area contributed by atoms with Crippen LogP contribution in [0.25, 0.3) is 0 Å². The van der Waals surface area contributed by atoms with Crippen molar-refractivity contribution in [1.29, 1.82) is 0 Å². The molecule has 0 radical (unpaired) electrons. The van der Waals surface area contributed by atoms with Gasteiger partial charge in [0.05, 0.1) is 6.04 Å². The van der Waals surface area contributed by atoms with Crippen molar-refractivity contribution >= 4 is 0 Å². The minimum absolute atomic E-state index is 0.533. The first kappa shape index (κ1) is 17.4. The molecule has 6 heteroatoms. The smallest absolute Gasteiger partial charge is 0.147 e. The predicted molar refractivity (Wildman–Crippen MR) is 97.9 cm³/mol. The maximum Gasteiger partial charge on any atom is 0.147 e. The van der Waals surface area contributed by atoms with Crippen LogP contribution in [-0.4, -0.2) is 77.0 Å². The van der Waals surface area contributed by atoms with Gasteiger partial charge in [-0.2, -0.15) is 5.10 Å². The van der Waals surface area contributed by atoms with E-state index in [0.29, 0.717) is 18.0 Å². The zero-order valence-corrected chi connectivity index (χ0v) is 15.9. The molecule has 1 aromatic rings. The maximum absolute atomic E-state index is 5.56. The van der Waals surface area contributed by atoms with E-state index in [9.17, 15) is 0 Å². The first-order valence-electron chi connectivity index (χ1n) is 10.1. The van der Waals surface area contributed by atoms with E-state index in [0.717, 1.165) is 25.6 Å². The summed E-state index contributed by atoms with van der Waals surface area (Å²) in [6, 6.07) is 1.24. The molecule has 4 rings (SSSR count). The Morgan fingerprint density at radius 2 is 1.72 bits per heavy atom. The zero-order chi connectivity index (χ0) is 17.2. The second-order valence-electron chi connectivity index (χ2n) is 8.17. The Balaban J connectivity index is 1.49. The molecule has 3 aliphatic rings. The van der Waals surface area contributed by atoms with Gasteiger partial charge in [-0.05, 0) is 72.1 Å². The number of hydrogen-bond donors (Lipinski definition) is 0. The summed E-state index contributed by atoms with van der Waals surface area (Å²) in [4.78, 5) is 10.0. The minimum atomic E-state index is 0.533. The van der Waals surface area contributed by atoms with Crippen molar-refractivity contribution in [2.45, 2.75) is 63.5 Å². The second-order valence-corrected chi connectivity index (χ2v) is 8.17. The molecular weight excluding hydrogens is 314 g/mol. The van der Waals surface area contributed by atoms with Gasteiger partial charge in [0, 0.05) is 31.7 Å². The lowest BCUT2D eigenvalue weighted by molar-refractivity contribution is 0.0230. The summed E-state index contributed by atoms with van der Waals surface area (Å²) in [6.07, 6.45) is 7.30. The molecule has 0 amide bonds. The molecular formula is C19H33N5O. The molecule has 0 bridgehead atoms. The number of aryl methyl sites for hydroxylation is 1. The van der Waals surface area contributed by atoms with Crippen LogP contribution in [0.2, 0.25) is 0 Å². The maximum atomic E-state index is 5.56. The molecule has 0 aliphatic carbocycles. The summed E-state index contributed by atoms with van der Waals surface area (Å²) in [5, 5.41) is 4.82. The van der Waals surface area contributed by atoms with E-state index in [1.165, 1.54) is 64.0 Å². The van der Waals surface area contributed by atoms with Crippen molar-refractivity contribution in [3.8, 4) is 0 Å². The molecule has 0 spiro atoms. The number of aromatic nitrogens is 3. The van der Waals surface area contributed by atoms with E-state index in [-0.39, 0.29) is 0 Å². The number of rotatable bonds is 3. The number of likely N-dealkylation sites (tertiary alicyclic amines) is 2. The topological polar surface area (TPSA) is 46.4 Å². The molecule has 1 aromatic heterocycles. The molecule has 140 valence electrons. The van der Waals surface area contributed by atoms with Crippen LogP contribution in [0.1, 0.15) is 62.1 Å². The number of ether oxygens (including phenoxy) is 1. The fourth-order valence-electron chi connectivity index (χ4n) is 4.83. The highest BCUT2D eigenvalue weighted by Gasteiger charge is 2.32. The van der Waals surface area contributed by atoms with Crippen LogP contribution in [0.3, 0.4) is 0 Å². The molecule has 3 aliphatic heterocycles. The summed E-state index contributed by atoms with van der Waals surface area (Å²) in [6.45, 7) is 8.63. The first-order chi connectivity index (χ1) is 12.2. The Morgan fingerprint density at radius 1 is 0.960 bits per heavy atom. The molecule has 1 unspecified atom stereocenters. The third kappa shape index (κ3) is 3.91. The van der Waals surface area contributed by atoms with Crippen LogP contribution in [0, 0.1) is 6.92 Å². The molecule has 3 saturated heterocycles. The van der Waals surface area contributed by atoms with E-state index in [4.69, 9.17) is 14.8 Å². The molecule has 25 heavy (non-hydrogen) atoms. The molecule has 0 N–H and O–H groups in total. The van der Waals surface area contributed by atoms with Gasteiger partial charge in [0.25, 0.3) is 0 Å². The van der Waals surface area contributed by atoms with Crippen molar-refractivity contribution in [3.05, 3.63) is 11.6 Å². The number of nitrogens with zero attached hydrogens (tertiary/aromatic N) is 5. The van der Waals surface area contributed by atoms with Crippen molar-refractivity contribution in [3.63, 3.8) is 0 Å². The molecule has 0 aromatic carbocycles. The Bertz CT molecular complexity index is 560. The molecule has 3 fully saturated rings. The van der Waals surface area contributed by atoms with E-state index in [1.54, 1.807) is 0 Å². The molecule has 1 atom stereocenters. The van der Waals surface area contributed by atoms with Crippen molar-refractivity contribution in [2.75, 3.05) is 46.4 Å². The fraction of sp³-hybridized carbons (Fsp3) is 0.895. The summed E-state index contributed by atoms with van der Waals surface area (Å²) in [5.41, 5.74) is 0. The third-order valence-electron chi connectivity index (χ3n) is 6.32. The highest BCUT2D eigenvalue weighted by molar-refractivity contribution is 5.05. The van der Waals surface area contributed by atoms with Crippen LogP contribution in [-0.2, 0) is 4.74 Å². The molecule has 6 nitrogen and oxygen atoms in total. The van der Waals surface area contributed by atoms with Crippen LogP contribution < -0.4 is 0 Å². The largest absolute Gasteiger partial charge is 0.381 e. The number of hydrogen-bond acceptors (Lipinski definition) is 5. The standard InChI is InChI=1S/C19H33N5O/c1-15-20-19(24(21-15)18-5-10-22(2)11-6-18)16-4-3-9-23(14-16)17-7-12-25-13-8-17/h16-18H,3-14H2,1-2H3. The van der Waals surface area contributed by atoms with Gasteiger partial charge in [0.15, 0.2) is 0 Å². The lowest BCUT2D eigenvalue weighted by Crippen LogP contribution is -2.45. The Hall–Kier alpha value is -0.980. The van der Waals surface area contributed by atoms with Crippen LogP contribution in [0.5, 0.6) is 0 Å². The van der Waals surface area contributed by atoms with Gasteiger partial charge in [0.1, 0.15) is 11.6 Å². The molecule has 0 saturated carbocycles. The van der Waals surface area contributed by atoms with Crippen molar-refractivity contribution in [1.82, 2.24) is 24.6 Å². The van der Waals surface area contributed by atoms with Gasteiger partial charge in [-0.1, -0.05) is 0 Å². The van der Waals surface area contributed by atoms with Gasteiger partial charge >= 0.3 is 0 Å². The van der Waals surface area contributed by atoms with Crippen LogP contribution >= 0.6 is 0 Å². The second kappa shape index (κ2) is 7.72. The highest BCUT2D eigenvalue weighted by atomic mass is 16.5. The fourth-order valence-corrected chi connectivity index (χ4v) is 4.83. The van der Waals surface area contributed by atoms with Gasteiger partial charge in [-0.3, -0.25) is 4.90 Å². The van der Waals surface area contributed by atoms with Crippen LogP contribution in [0.15, 0.2) is 0 Å². The first-order valence-corrected chi connectivity index (χ1v) is 10.1. The summed E-state index contributed by atoms with van der Waals surface area (Å²) in [5.74, 6) is 2.73. The van der Waals surface area contributed by atoms with E-state index in [2.05, 4.69) is 21.5 Å². The SMILES string of the molecule is Cc1nc(C2CCCN(C3CCOCC3)C2)n(C2CCN(C)CC2)n1. The lowest BCUT2D eigenvalue weighted by Gasteiger charge is -2.40. The quantitative estimate of drug-likeness (QED) is 0.839. The normalized spacial score (nSPS) is 28.5. The van der Waals surface area contributed by atoms with Gasteiger partial charge in [0.2, 0.25) is 0 Å². The lowest BCUT2D eigenvalue weighted by atomic mass is 9.93. The Kier molecular flexibility index (Phi) is 5.39. The molecule has 4 heterocycles. The Labute approximate surface area is 151 Å². The van der Waals surface area contributed by atoms with Crippen molar-refractivity contribution in [2.24, 2.45) is 0 Å². The average Bonchev–Trinajstić information content (AvgIpc) is 3.05. The minimum Gasteiger partial charge on any atom is -0.381 e. The van der Waals surface area contributed by atoms with Crippen LogP contribution in [0.4, 0.5) is 0 Å². The summed E-state index contributed by atoms with van der Waals surface area (Å²) in [7, 11) is 2.22. The third-order valence-corrected chi connectivity index (χ3v) is 6.32. The summed E-state index contributed by atoms with van der Waals surface area (Å²) >= 11 is 0. The predicted octanol–water partition coefficient (Wildman–Crippen LogP) is 2.21. The zero-order valence-electron chi connectivity index (χ0n) is 15.9. The monoisotopic (exact) mass is 347 g/mol. The summed E-state index contributed by atoms with van der Waals surface area (Å²) < 4.78 is 7.86. The van der Waals surface area contributed by atoms with E-state index < -0.39 is 0 Å². The highest BCUT2D eigenvalue weighted by Crippen LogP contribution is 2.32. The van der Waals surface area contributed by atoms with Crippen molar-refractivity contribution < 1.29 is 4.74 Å². The number of piperidine rings is 2. The van der Waals surface area contributed by atoms with Gasteiger partial charge < -0.3 is 9.64 Å². The average molecular weight is 348 g/mol.